The summed E-state index contributed by atoms with van der Waals surface area (Å²) in [5, 5.41) is -0.304. The molecule has 0 aromatic heterocycles. The minimum atomic E-state index is -3.24. The molecule has 4 rings (SSSR count). The molecule has 6 atom stereocenters. The van der Waals surface area contributed by atoms with E-state index < -0.39 is 10.0 Å². The first kappa shape index (κ1) is 23.0. The van der Waals surface area contributed by atoms with Crippen molar-refractivity contribution in [2.75, 3.05) is 13.6 Å². The molecule has 5 unspecified atom stereocenters. The van der Waals surface area contributed by atoms with Crippen molar-refractivity contribution in [3.05, 3.63) is 0 Å². The van der Waals surface area contributed by atoms with E-state index in [2.05, 4.69) is 16.5 Å². The van der Waals surface area contributed by atoms with Crippen LogP contribution in [0, 0.1) is 17.8 Å². The number of sulfonamides is 1. The first-order valence-corrected chi connectivity index (χ1v) is 13.8. The SMILES string of the molecule is CNS(=O)(=O)C1CCCC(C2CCC3C(C2)N(C(=O)C2CCC2)C[C@H](C)N3C(C)=O)C1. The second-order valence-electron chi connectivity index (χ2n) is 10.4. The lowest BCUT2D eigenvalue weighted by atomic mass is 9.69. The predicted molar refractivity (Wildman–Crippen MR) is 120 cm³/mol. The summed E-state index contributed by atoms with van der Waals surface area (Å²) in [6.45, 7) is 4.35. The third-order valence-electron chi connectivity index (χ3n) is 8.67. The first-order chi connectivity index (χ1) is 14.7. The monoisotopic (exact) mass is 453 g/mol. The summed E-state index contributed by atoms with van der Waals surface area (Å²) >= 11 is 0. The molecule has 1 heterocycles. The Morgan fingerprint density at radius 1 is 0.903 bits per heavy atom. The van der Waals surface area contributed by atoms with Gasteiger partial charge in [0, 0.05) is 25.4 Å². The zero-order chi connectivity index (χ0) is 22.3. The molecule has 31 heavy (non-hydrogen) atoms. The Balaban J connectivity index is 1.53. The smallest absolute Gasteiger partial charge is 0.226 e. The average molecular weight is 454 g/mol. The van der Waals surface area contributed by atoms with Gasteiger partial charge < -0.3 is 9.80 Å². The molecule has 176 valence electrons. The molecule has 0 bridgehead atoms. The molecule has 1 saturated heterocycles. The molecule has 7 nitrogen and oxygen atoms in total. The Labute approximate surface area is 187 Å². The third kappa shape index (κ3) is 4.39. The first-order valence-electron chi connectivity index (χ1n) is 12.2. The van der Waals surface area contributed by atoms with Gasteiger partial charge in [-0.2, -0.15) is 0 Å². The highest BCUT2D eigenvalue weighted by Crippen LogP contribution is 2.44. The van der Waals surface area contributed by atoms with Crippen LogP contribution in [0.2, 0.25) is 0 Å². The maximum Gasteiger partial charge on any atom is 0.226 e. The van der Waals surface area contributed by atoms with Crippen LogP contribution in [0.15, 0.2) is 0 Å². The van der Waals surface area contributed by atoms with E-state index in [-0.39, 0.29) is 41.1 Å². The maximum absolute atomic E-state index is 13.3. The van der Waals surface area contributed by atoms with Gasteiger partial charge in [0.1, 0.15) is 0 Å². The highest BCUT2D eigenvalue weighted by molar-refractivity contribution is 7.90. The van der Waals surface area contributed by atoms with Gasteiger partial charge in [0.05, 0.1) is 17.3 Å². The lowest BCUT2D eigenvalue weighted by Crippen LogP contribution is -2.68. The predicted octanol–water partition coefficient (Wildman–Crippen LogP) is 2.51. The summed E-state index contributed by atoms with van der Waals surface area (Å²) in [5.41, 5.74) is 0. The number of nitrogens with zero attached hydrogens (tertiary/aromatic N) is 2. The second kappa shape index (κ2) is 9.00. The fourth-order valence-corrected chi connectivity index (χ4v) is 8.14. The Morgan fingerprint density at radius 3 is 2.19 bits per heavy atom. The van der Waals surface area contributed by atoms with Gasteiger partial charge in [0.25, 0.3) is 0 Å². The molecule has 3 aliphatic carbocycles. The van der Waals surface area contributed by atoms with E-state index in [9.17, 15) is 18.0 Å². The summed E-state index contributed by atoms with van der Waals surface area (Å²) in [5.74, 6) is 1.37. The number of rotatable bonds is 4. The topological polar surface area (TPSA) is 86.8 Å². The largest absolute Gasteiger partial charge is 0.335 e. The number of hydrogen-bond acceptors (Lipinski definition) is 4. The van der Waals surface area contributed by atoms with Crippen LogP contribution in [0.3, 0.4) is 0 Å². The molecule has 1 aliphatic heterocycles. The van der Waals surface area contributed by atoms with Crippen LogP contribution in [0.5, 0.6) is 0 Å². The van der Waals surface area contributed by atoms with Crippen LogP contribution in [0.1, 0.15) is 78.1 Å². The number of piperazine rings is 1. The van der Waals surface area contributed by atoms with Crippen molar-refractivity contribution in [3.8, 4) is 0 Å². The Bertz CT molecular complexity index is 797. The lowest BCUT2D eigenvalue weighted by molar-refractivity contribution is -0.159. The molecule has 3 saturated carbocycles. The van der Waals surface area contributed by atoms with Crippen molar-refractivity contribution < 1.29 is 18.0 Å². The minimum absolute atomic E-state index is 0.0548. The number of carbonyl (C=O) groups excluding carboxylic acids is 2. The van der Waals surface area contributed by atoms with E-state index in [0.29, 0.717) is 24.8 Å². The Kier molecular flexibility index (Phi) is 6.69. The van der Waals surface area contributed by atoms with Crippen molar-refractivity contribution in [1.29, 1.82) is 0 Å². The number of hydrogen-bond donors (Lipinski definition) is 1. The van der Waals surface area contributed by atoms with Gasteiger partial charge in [-0.15, -0.1) is 0 Å². The zero-order valence-corrected chi connectivity index (χ0v) is 20.1. The van der Waals surface area contributed by atoms with Gasteiger partial charge >= 0.3 is 0 Å². The standard InChI is InChI=1S/C23H39N3O4S/c1-15-14-25(23(28)17-6-4-7-17)22-13-19(10-11-21(22)26(15)16(2)27)18-8-5-9-20(12-18)31(29,30)24-3/h15,17-22,24H,4-14H2,1-3H3/t15-,18?,19?,20?,21?,22?/m0/s1. The van der Waals surface area contributed by atoms with E-state index in [1.165, 1.54) is 7.05 Å². The fraction of sp³-hybridized carbons (Fsp3) is 0.913. The summed E-state index contributed by atoms with van der Waals surface area (Å²) in [6, 6.07) is 0.231. The molecule has 1 N–H and O–H groups in total. The molecule has 4 fully saturated rings. The molecule has 0 spiro atoms. The molecule has 0 aromatic rings. The van der Waals surface area contributed by atoms with E-state index in [4.69, 9.17) is 0 Å². The van der Waals surface area contributed by atoms with Crippen LogP contribution in [0.4, 0.5) is 0 Å². The van der Waals surface area contributed by atoms with Crippen molar-refractivity contribution in [2.45, 2.75) is 101 Å². The van der Waals surface area contributed by atoms with Crippen LogP contribution < -0.4 is 4.72 Å². The lowest BCUT2D eigenvalue weighted by Gasteiger charge is -2.55. The number of amides is 2. The quantitative estimate of drug-likeness (QED) is 0.709. The van der Waals surface area contributed by atoms with Gasteiger partial charge in [0.15, 0.2) is 0 Å². The van der Waals surface area contributed by atoms with Crippen LogP contribution in [-0.4, -0.2) is 67.0 Å². The number of carbonyl (C=O) groups is 2. The van der Waals surface area contributed by atoms with Crippen molar-refractivity contribution >= 4 is 21.8 Å². The van der Waals surface area contributed by atoms with Crippen LogP contribution in [-0.2, 0) is 19.6 Å². The van der Waals surface area contributed by atoms with Crippen molar-refractivity contribution in [2.24, 2.45) is 17.8 Å². The van der Waals surface area contributed by atoms with E-state index in [1.807, 2.05) is 4.90 Å². The minimum Gasteiger partial charge on any atom is -0.335 e. The normalized spacial score (nSPS) is 37.1. The summed E-state index contributed by atoms with van der Waals surface area (Å²) in [7, 11) is -1.73. The van der Waals surface area contributed by atoms with Crippen LogP contribution >= 0.6 is 0 Å². The van der Waals surface area contributed by atoms with Gasteiger partial charge in [-0.1, -0.05) is 19.3 Å². The third-order valence-corrected chi connectivity index (χ3v) is 10.5. The van der Waals surface area contributed by atoms with E-state index in [1.54, 1.807) is 6.92 Å². The van der Waals surface area contributed by atoms with Crippen LogP contribution in [0.25, 0.3) is 0 Å². The highest BCUT2D eigenvalue weighted by atomic mass is 32.2. The summed E-state index contributed by atoms with van der Waals surface area (Å²) < 4.78 is 27.4. The molecule has 0 radical (unpaired) electrons. The summed E-state index contributed by atoms with van der Waals surface area (Å²) in [4.78, 5) is 29.9. The molecule has 2 amide bonds. The molecule has 0 aromatic carbocycles. The zero-order valence-electron chi connectivity index (χ0n) is 19.3. The fourth-order valence-electron chi connectivity index (χ4n) is 6.83. The number of nitrogens with one attached hydrogen (secondary N) is 1. The maximum atomic E-state index is 13.3. The second-order valence-corrected chi connectivity index (χ2v) is 12.6. The van der Waals surface area contributed by atoms with Gasteiger partial charge in [-0.05, 0) is 70.8 Å². The molecular formula is C23H39N3O4S. The van der Waals surface area contributed by atoms with Crippen molar-refractivity contribution in [1.82, 2.24) is 14.5 Å². The van der Waals surface area contributed by atoms with E-state index in [0.717, 1.165) is 57.8 Å². The molecular weight excluding hydrogens is 414 g/mol. The van der Waals surface area contributed by atoms with Gasteiger partial charge in [0.2, 0.25) is 21.8 Å². The van der Waals surface area contributed by atoms with Gasteiger partial charge in [-0.25, -0.2) is 13.1 Å². The number of fused-ring (bicyclic) bond motifs is 1. The van der Waals surface area contributed by atoms with Crippen molar-refractivity contribution in [3.63, 3.8) is 0 Å². The van der Waals surface area contributed by atoms with E-state index >= 15 is 0 Å². The van der Waals surface area contributed by atoms with Gasteiger partial charge in [-0.3, -0.25) is 9.59 Å². The summed E-state index contributed by atoms with van der Waals surface area (Å²) in [6.07, 6.45) is 9.42. The molecule has 8 heteroatoms. The highest BCUT2D eigenvalue weighted by Gasteiger charge is 2.49. The Morgan fingerprint density at radius 2 is 1.58 bits per heavy atom. The molecule has 4 aliphatic rings. The average Bonchev–Trinajstić information content (AvgIpc) is 2.71. The Hall–Kier alpha value is -1.15.